The molecule has 3 nitrogen and oxygen atoms in total. The molecule has 0 aliphatic heterocycles. The van der Waals surface area contributed by atoms with Crippen LogP contribution < -0.4 is 5.32 Å². The third-order valence-corrected chi connectivity index (χ3v) is 4.69. The molecule has 0 aliphatic carbocycles. The molecule has 3 aromatic rings. The van der Waals surface area contributed by atoms with E-state index in [1.165, 1.54) is 23.6 Å². The third kappa shape index (κ3) is 3.94. The number of carbonyl (C=O) groups excluding carboxylic acids is 1. The van der Waals surface area contributed by atoms with Crippen LogP contribution in [0.1, 0.15) is 24.0 Å². The first-order valence-electron chi connectivity index (χ1n) is 7.84. The standard InChI is InChI=1S/C19H15F3N2OS/c1-12(13-7-3-2-4-8-13)17(25)24-18-23-16(11-26-18)14-9-5-6-10-15(14)19(20,21)22/h2-12H,1H3,(H,23,24,25). The van der Waals surface area contributed by atoms with Crippen LogP contribution in [0.5, 0.6) is 0 Å². The zero-order valence-electron chi connectivity index (χ0n) is 13.7. The Kier molecular flexibility index (Phi) is 5.08. The molecule has 1 aromatic heterocycles. The molecule has 0 spiro atoms. The average Bonchev–Trinajstić information content (AvgIpc) is 3.09. The van der Waals surface area contributed by atoms with Crippen LogP contribution in [0.4, 0.5) is 18.3 Å². The van der Waals surface area contributed by atoms with Crippen LogP contribution in [-0.4, -0.2) is 10.9 Å². The summed E-state index contributed by atoms with van der Waals surface area (Å²) in [4.78, 5) is 16.5. The number of hydrogen-bond acceptors (Lipinski definition) is 3. The van der Waals surface area contributed by atoms with Crippen molar-refractivity contribution in [3.63, 3.8) is 0 Å². The van der Waals surface area contributed by atoms with Crippen LogP contribution in [0.2, 0.25) is 0 Å². The lowest BCUT2D eigenvalue weighted by atomic mass is 10.0. The number of benzene rings is 2. The van der Waals surface area contributed by atoms with Gasteiger partial charge < -0.3 is 5.32 Å². The largest absolute Gasteiger partial charge is 0.417 e. The Labute approximate surface area is 152 Å². The summed E-state index contributed by atoms with van der Waals surface area (Å²) in [5, 5.41) is 4.45. The third-order valence-electron chi connectivity index (χ3n) is 3.94. The van der Waals surface area contributed by atoms with Crippen molar-refractivity contribution in [3.8, 4) is 11.3 Å². The summed E-state index contributed by atoms with van der Waals surface area (Å²) in [6.07, 6.45) is -4.47. The molecule has 134 valence electrons. The molecule has 1 N–H and O–H groups in total. The zero-order chi connectivity index (χ0) is 18.7. The number of rotatable bonds is 4. The first kappa shape index (κ1) is 18.1. The molecule has 0 saturated carbocycles. The molecule has 0 radical (unpaired) electrons. The number of aromatic nitrogens is 1. The minimum absolute atomic E-state index is 0.00661. The van der Waals surface area contributed by atoms with E-state index in [-0.39, 0.29) is 22.3 Å². The number of nitrogens with one attached hydrogen (secondary N) is 1. The van der Waals surface area contributed by atoms with E-state index in [4.69, 9.17) is 0 Å². The first-order chi connectivity index (χ1) is 12.4. The lowest BCUT2D eigenvalue weighted by molar-refractivity contribution is -0.137. The van der Waals surface area contributed by atoms with E-state index in [1.807, 2.05) is 30.3 Å². The van der Waals surface area contributed by atoms with Gasteiger partial charge in [-0.1, -0.05) is 48.5 Å². The highest BCUT2D eigenvalue weighted by molar-refractivity contribution is 7.14. The summed E-state index contributed by atoms with van der Waals surface area (Å²) in [5.74, 6) is -0.660. The minimum Gasteiger partial charge on any atom is -0.301 e. The van der Waals surface area contributed by atoms with Crippen molar-refractivity contribution in [1.82, 2.24) is 4.98 Å². The van der Waals surface area contributed by atoms with Crippen molar-refractivity contribution in [3.05, 3.63) is 71.1 Å². The number of anilines is 1. The zero-order valence-corrected chi connectivity index (χ0v) is 14.6. The Morgan fingerprint density at radius 3 is 2.42 bits per heavy atom. The maximum Gasteiger partial charge on any atom is 0.417 e. The maximum absolute atomic E-state index is 13.2. The van der Waals surface area contributed by atoms with Crippen LogP contribution in [0, 0.1) is 0 Å². The van der Waals surface area contributed by atoms with Gasteiger partial charge in [0.1, 0.15) is 0 Å². The van der Waals surface area contributed by atoms with Crippen molar-refractivity contribution in [2.45, 2.75) is 19.0 Å². The number of carbonyl (C=O) groups is 1. The predicted molar refractivity (Wildman–Crippen MR) is 96.0 cm³/mol. The van der Waals surface area contributed by atoms with Gasteiger partial charge in [0.05, 0.1) is 17.2 Å². The van der Waals surface area contributed by atoms with E-state index in [0.717, 1.165) is 23.0 Å². The molecular formula is C19H15F3N2OS. The van der Waals surface area contributed by atoms with Gasteiger partial charge in [0.15, 0.2) is 5.13 Å². The Hall–Kier alpha value is -2.67. The molecule has 7 heteroatoms. The van der Waals surface area contributed by atoms with E-state index in [2.05, 4.69) is 10.3 Å². The van der Waals surface area contributed by atoms with Crippen molar-refractivity contribution >= 4 is 22.4 Å². The van der Waals surface area contributed by atoms with Crippen molar-refractivity contribution < 1.29 is 18.0 Å². The highest BCUT2D eigenvalue weighted by Gasteiger charge is 2.33. The molecule has 2 aromatic carbocycles. The number of hydrogen-bond donors (Lipinski definition) is 1. The Morgan fingerprint density at radius 2 is 1.73 bits per heavy atom. The molecule has 26 heavy (non-hydrogen) atoms. The molecule has 1 unspecified atom stereocenters. The number of alkyl halides is 3. The molecule has 1 heterocycles. The molecule has 1 amide bonds. The second kappa shape index (κ2) is 7.29. The SMILES string of the molecule is CC(C(=O)Nc1nc(-c2ccccc2C(F)(F)F)cs1)c1ccccc1. The highest BCUT2D eigenvalue weighted by Crippen LogP contribution is 2.37. The quantitative estimate of drug-likeness (QED) is 0.647. The van der Waals surface area contributed by atoms with Crippen molar-refractivity contribution in [2.24, 2.45) is 0 Å². The van der Waals surface area contributed by atoms with Gasteiger partial charge in [-0.15, -0.1) is 11.3 Å². The van der Waals surface area contributed by atoms with Gasteiger partial charge in [-0.25, -0.2) is 4.98 Å². The van der Waals surface area contributed by atoms with Gasteiger partial charge in [-0.2, -0.15) is 13.2 Å². The molecular weight excluding hydrogens is 361 g/mol. The summed E-state index contributed by atoms with van der Waals surface area (Å²) in [7, 11) is 0. The molecule has 0 bridgehead atoms. The Balaban J connectivity index is 1.80. The van der Waals surface area contributed by atoms with E-state index >= 15 is 0 Å². The summed E-state index contributed by atoms with van der Waals surface area (Å²) >= 11 is 1.09. The second-order valence-electron chi connectivity index (χ2n) is 5.70. The number of amides is 1. The van der Waals surface area contributed by atoms with Gasteiger partial charge in [-0.3, -0.25) is 4.79 Å². The summed E-state index contributed by atoms with van der Waals surface area (Å²) in [6, 6.07) is 14.5. The molecule has 1 atom stereocenters. The number of thiazole rings is 1. The fraction of sp³-hybridized carbons (Fsp3) is 0.158. The normalized spacial score (nSPS) is 12.6. The van der Waals surface area contributed by atoms with Crippen LogP contribution in [0.15, 0.2) is 60.0 Å². The second-order valence-corrected chi connectivity index (χ2v) is 6.56. The molecule has 0 saturated heterocycles. The van der Waals surface area contributed by atoms with E-state index in [0.29, 0.717) is 0 Å². The fourth-order valence-electron chi connectivity index (χ4n) is 2.52. The van der Waals surface area contributed by atoms with Gasteiger partial charge >= 0.3 is 6.18 Å². The topological polar surface area (TPSA) is 42.0 Å². The Morgan fingerprint density at radius 1 is 1.08 bits per heavy atom. The Bertz CT molecular complexity index is 906. The number of halogens is 3. The summed E-state index contributed by atoms with van der Waals surface area (Å²) in [6.45, 7) is 1.76. The van der Waals surface area contributed by atoms with Gasteiger partial charge in [0, 0.05) is 10.9 Å². The first-order valence-corrected chi connectivity index (χ1v) is 8.72. The number of nitrogens with zero attached hydrogens (tertiary/aromatic N) is 1. The minimum atomic E-state index is -4.47. The van der Waals surface area contributed by atoms with Gasteiger partial charge in [-0.05, 0) is 18.6 Å². The van der Waals surface area contributed by atoms with E-state index < -0.39 is 17.7 Å². The maximum atomic E-state index is 13.2. The highest BCUT2D eigenvalue weighted by atomic mass is 32.1. The van der Waals surface area contributed by atoms with Crippen LogP contribution in [-0.2, 0) is 11.0 Å². The van der Waals surface area contributed by atoms with Crippen LogP contribution >= 0.6 is 11.3 Å². The summed E-state index contributed by atoms with van der Waals surface area (Å²) in [5.41, 5.74) is 0.281. The molecule has 3 rings (SSSR count). The smallest absolute Gasteiger partial charge is 0.301 e. The van der Waals surface area contributed by atoms with E-state index in [1.54, 1.807) is 6.92 Å². The van der Waals surface area contributed by atoms with Crippen molar-refractivity contribution in [2.75, 3.05) is 5.32 Å². The van der Waals surface area contributed by atoms with Crippen LogP contribution in [0.3, 0.4) is 0 Å². The fourth-order valence-corrected chi connectivity index (χ4v) is 3.23. The lowest BCUT2D eigenvalue weighted by Crippen LogP contribution is -2.18. The average molecular weight is 376 g/mol. The van der Waals surface area contributed by atoms with Gasteiger partial charge in [0.2, 0.25) is 5.91 Å². The van der Waals surface area contributed by atoms with Crippen molar-refractivity contribution in [1.29, 1.82) is 0 Å². The lowest BCUT2D eigenvalue weighted by Gasteiger charge is -2.11. The predicted octanol–water partition coefficient (Wildman–Crippen LogP) is 5.57. The summed E-state index contributed by atoms with van der Waals surface area (Å²) < 4.78 is 39.5. The molecule has 0 aliphatic rings. The van der Waals surface area contributed by atoms with Gasteiger partial charge in [0.25, 0.3) is 0 Å². The van der Waals surface area contributed by atoms with Crippen LogP contribution in [0.25, 0.3) is 11.3 Å². The monoisotopic (exact) mass is 376 g/mol. The van der Waals surface area contributed by atoms with E-state index in [9.17, 15) is 18.0 Å². The molecule has 0 fully saturated rings.